The molecule has 0 saturated carbocycles. The summed E-state index contributed by atoms with van der Waals surface area (Å²) in [5, 5.41) is 12.6. The number of carboxylic acid groups (broad SMARTS) is 1. The van der Waals surface area contributed by atoms with Crippen LogP contribution in [0.15, 0.2) is 29.2 Å². The van der Waals surface area contributed by atoms with Gasteiger partial charge in [0.2, 0.25) is 0 Å². The summed E-state index contributed by atoms with van der Waals surface area (Å²) < 4.78 is 4.38. The number of hydrogen-bond donors (Lipinski definition) is 1. The number of benzene rings is 1. The van der Waals surface area contributed by atoms with Crippen molar-refractivity contribution in [3.8, 4) is 0 Å². The molecule has 1 aromatic heterocycles. The summed E-state index contributed by atoms with van der Waals surface area (Å²) in [6, 6.07) is 7.43. The normalized spacial score (nSPS) is 10.5. The van der Waals surface area contributed by atoms with Gasteiger partial charge in [0, 0.05) is 22.2 Å². The molecule has 0 saturated heterocycles. The fraction of sp³-hybridized carbons (Fsp3) is 0.182. The minimum Gasteiger partial charge on any atom is -0.481 e. The second-order valence-electron chi connectivity index (χ2n) is 3.50. The van der Waals surface area contributed by atoms with E-state index in [4.69, 9.17) is 16.7 Å². The first-order valence-corrected chi connectivity index (χ1v) is 7.19. The molecule has 0 radical (unpaired) electrons. The van der Waals surface area contributed by atoms with Crippen LogP contribution in [-0.2, 0) is 17.0 Å². The molecule has 1 aromatic carbocycles. The van der Waals surface area contributed by atoms with Crippen molar-refractivity contribution in [1.29, 1.82) is 0 Å². The van der Waals surface area contributed by atoms with E-state index in [0.717, 1.165) is 16.2 Å². The van der Waals surface area contributed by atoms with Crippen LogP contribution in [-0.4, -0.2) is 20.7 Å². The first-order valence-electron chi connectivity index (χ1n) is 5.05. The largest absolute Gasteiger partial charge is 0.481 e. The lowest BCUT2D eigenvalue weighted by Gasteiger charge is -2.01. The van der Waals surface area contributed by atoms with E-state index in [0.29, 0.717) is 10.1 Å². The summed E-state index contributed by atoms with van der Waals surface area (Å²) in [6.07, 6.45) is 0.0484. The van der Waals surface area contributed by atoms with Gasteiger partial charge in [-0.25, -0.2) is 0 Å². The van der Waals surface area contributed by atoms with E-state index < -0.39 is 5.97 Å². The Kier molecular flexibility index (Phi) is 4.57. The van der Waals surface area contributed by atoms with Crippen LogP contribution < -0.4 is 0 Å². The van der Waals surface area contributed by atoms with Gasteiger partial charge in [-0.2, -0.15) is 0 Å². The number of carbonyl (C=O) groups is 1. The zero-order valence-electron chi connectivity index (χ0n) is 9.17. The Labute approximate surface area is 117 Å². The lowest BCUT2D eigenvalue weighted by atomic mass is 10.2. The Bertz CT molecular complexity index is 542. The first-order chi connectivity index (χ1) is 8.65. The minimum absolute atomic E-state index is 0.0484. The number of halogens is 1. The van der Waals surface area contributed by atoms with Gasteiger partial charge < -0.3 is 5.11 Å². The van der Waals surface area contributed by atoms with E-state index in [1.807, 2.05) is 24.3 Å². The van der Waals surface area contributed by atoms with E-state index in [2.05, 4.69) is 9.59 Å². The Morgan fingerprint density at radius 2 is 2.11 bits per heavy atom. The van der Waals surface area contributed by atoms with E-state index in [1.165, 1.54) is 11.5 Å². The standard InChI is InChI=1S/C11H9ClN2O2S2/c12-11-9(13-14-18-11)6-17-8-3-1-7(2-4-8)5-10(15)16/h1-4H,5-6H2,(H,15,16). The molecule has 0 spiro atoms. The maximum atomic E-state index is 10.5. The van der Waals surface area contributed by atoms with Crippen molar-refractivity contribution in [3.05, 3.63) is 39.9 Å². The third-order valence-corrected chi connectivity index (χ3v) is 4.17. The number of thioether (sulfide) groups is 1. The fourth-order valence-corrected chi connectivity index (χ4v) is 2.94. The van der Waals surface area contributed by atoms with Gasteiger partial charge in [0.05, 0.1) is 6.42 Å². The van der Waals surface area contributed by atoms with E-state index in [-0.39, 0.29) is 6.42 Å². The van der Waals surface area contributed by atoms with Gasteiger partial charge in [0.1, 0.15) is 10.0 Å². The van der Waals surface area contributed by atoms with E-state index >= 15 is 0 Å². The van der Waals surface area contributed by atoms with E-state index in [1.54, 1.807) is 11.8 Å². The van der Waals surface area contributed by atoms with Crippen molar-refractivity contribution < 1.29 is 9.90 Å². The second kappa shape index (κ2) is 6.17. The highest BCUT2D eigenvalue weighted by Crippen LogP contribution is 2.27. The Morgan fingerprint density at radius 1 is 1.39 bits per heavy atom. The smallest absolute Gasteiger partial charge is 0.307 e. The van der Waals surface area contributed by atoms with Crippen molar-refractivity contribution >= 4 is 40.9 Å². The first kappa shape index (κ1) is 13.3. The Hall–Kier alpha value is -1.11. The molecular weight excluding hydrogens is 292 g/mol. The molecule has 0 aliphatic heterocycles. The van der Waals surface area contributed by atoms with Gasteiger partial charge in [-0.3, -0.25) is 4.79 Å². The molecule has 0 atom stereocenters. The molecule has 0 amide bonds. The average molecular weight is 301 g/mol. The Morgan fingerprint density at radius 3 is 2.67 bits per heavy atom. The molecule has 2 aromatic rings. The van der Waals surface area contributed by atoms with Gasteiger partial charge in [0.25, 0.3) is 0 Å². The highest BCUT2D eigenvalue weighted by Gasteiger charge is 2.06. The zero-order valence-corrected chi connectivity index (χ0v) is 11.6. The molecule has 1 N–H and O–H groups in total. The average Bonchev–Trinajstić information content (AvgIpc) is 2.73. The highest BCUT2D eigenvalue weighted by molar-refractivity contribution is 7.98. The summed E-state index contributed by atoms with van der Waals surface area (Å²) in [4.78, 5) is 11.6. The summed E-state index contributed by atoms with van der Waals surface area (Å²) >= 11 is 8.67. The van der Waals surface area contributed by atoms with Gasteiger partial charge in [-0.05, 0) is 17.7 Å². The van der Waals surface area contributed by atoms with Crippen LogP contribution in [0.3, 0.4) is 0 Å². The van der Waals surface area contributed by atoms with Crippen LogP contribution in [0.2, 0.25) is 4.34 Å². The molecular formula is C11H9ClN2O2S2. The van der Waals surface area contributed by atoms with Crippen LogP contribution in [0, 0.1) is 0 Å². The van der Waals surface area contributed by atoms with Crippen LogP contribution in [0.1, 0.15) is 11.3 Å². The molecule has 0 fully saturated rings. The van der Waals surface area contributed by atoms with E-state index in [9.17, 15) is 4.79 Å². The summed E-state index contributed by atoms with van der Waals surface area (Å²) in [5.74, 6) is -0.163. The molecule has 7 heteroatoms. The number of hydrogen-bond acceptors (Lipinski definition) is 5. The summed E-state index contributed by atoms with van der Waals surface area (Å²) in [6.45, 7) is 0. The molecule has 0 unspecified atom stereocenters. The molecule has 0 bridgehead atoms. The van der Waals surface area contributed by atoms with Crippen LogP contribution in [0.4, 0.5) is 0 Å². The van der Waals surface area contributed by atoms with Gasteiger partial charge in [-0.15, -0.1) is 16.9 Å². The van der Waals surface area contributed by atoms with Crippen molar-refractivity contribution in [2.24, 2.45) is 0 Å². The van der Waals surface area contributed by atoms with Crippen LogP contribution in [0.25, 0.3) is 0 Å². The zero-order chi connectivity index (χ0) is 13.0. The topological polar surface area (TPSA) is 63.1 Å². The molecule has 18 heavy (non-hydrogen) atoms. The van der Waals surface area contributed by atoms with Crippen LogP contribution in [0.5, 0.6) is 0 Å². The van der Waals surface area contributed by atoms with Gasteiger partial charge in [0.15, 0.2) is 0 Å². The van der Waals surface area contributed by atoms with Crippen LogP contribution >= 0.6 is 34.9 Å². The molecule has 0 aliphatic carbocycles. The number of carboxylic acids is 1. The summed E-state index contributed by atoms with van der Waals surface area (Å²) in [7, 11) is 0. The second-order valence-corrected chi connectivity index (χ2v) is 5.90. The number of rotatable bonds is 5. The molecule has 1 heterocycles. The SMILES string of the molecule is O=C(O)Cc1ccc(SCc2nnsc2Cl)cc1. The lowest BCUT2D eigenvalue weighted by Crippen LogP contribution is -1.99. The molecule has 4 nitrogen and oxygen atoms in total. The minimum atomic E-state index is -0.823. The number of nitrogens with zero attached hydrogens (tertiary/aromatic N) is 2. The van der Waals surface area contributed by atoms with Crippen molar-refractivity contribution in [2.75, 3.05) is 0 Å². The van der Waals surface area contributed by atoms with Gasteiger partial charge in [-0.1, -0.05) is 28.2 Å². The maximum Gasteiger partial charge on any atom is 0.307 e. The van der Waals surface area contributed by atoms with Crippen molar-refractivity contribution in [2.45, 2.75) is 17.1 Å². The molecule has 0 aliphatic rings. The van der Waals surface area contributed by atoms with Crippen molar-refractivity contribution in [1.82, 2.24) is 9.59 Å². The molecule has 2 rings (SSSR count). The fourth-order valence-electron chi connectivity index (χ4n) is 1.31. The van der Waals surface area contributed by atoms with Gasteiger partial charge >= 0.3 is 5.97 Å². The van der Waals surface area contributed by atoms with Crippen molar-refractivity contribution in [3.63, 3.8) is 0 Å². The lowest BCUT2D eigenvalue weighted by molar-refractivity contribution is -0.136. The predicted molar refractivity (Wildman–Crippen MR) is 72.3 cm³/mol. The maximum absolute atomic E-state index is 10.5. The Balaban J connectivity index is 1.94. The quantitative estimate of drug-likeness (QED) is 0.860. The third-order valence-electron chi connectivity index (χ3n) is 2.16. The number of aromatic nitrogens is 2. The highest BCUT2D eigenvalue weighted by atomic mass is 35.5. The third kappa shape index (κ3) is 3.69. The monoisotopic (exact) mass is 300 g/mol. The molecule has 94 valence electrons. The summed E-state index contributed by atoms with van der Waals surface area (Å²) in [5.41, 5.74) is 1.57. The predicted octanol–water partition coefficient (Wildman–Crippen LogP) is 3.11. The number of aliphatic carboxylic acids is 1.